The lowest BCUT2D eigenvalue weighted by Crippen LogP contribution is -2.33. The van der Waals surface area contributed by atoms with Crippen LogP contribution >= 0.6 is 21.6 Å². The number of hydrogen-bond acceptors (Lipinski definition) is 5. The van der Waals surface area contributed by atoms with Crippen molar-refractivity contribution >= 4 is 57.4 Å². The Balaban J connectivity index is 1.31. The minimum atomic E-state index is 0.806. The molecule has 3 rings (SSSR count). The van der Waals surface area contributed by atoms with Gasteiger partial charge in [0.2, 0.25) is 0 Å². The van der Waals surface area contributed by atoms with Gasteiger partial charge >= 0.3 is 0 Å². The van der Waals surface area contributed by atoms with E-state index >= 15 is 0 Å². The molecule has 1 aromatic heterocycles. The van der Waals surface area contributed by atoms with Crippen LogP contribution in [0.1, 0.15) is 16.7 Å². The molecule has 0 fully saturated rings. The zero-order valence-electron chi connectivity index (χ0n) is 24.1. The fourth-order valence-corrected chi connectivity index (χ4v) is 5.49. The zero-order chi connectivity index (χ0) is 28.6. The topological polar surface area (TPSA) is 22.7 Å². The minimum Gasteiger partial charge on any atom is -0.378 e. The molecule has 0 bridgehead atoms. The molecule has 208 valence electrons. The van der Waals surface area contributed by atoms with E-state index in [0.717, 1.165) is 35.7 Å². The molecule has 0 aliphatic rings. The largest absolute Gasteiger partial charge is 0.378 e. The molecule has 4 nitrogen and oxygen atoms in total. The van der Waals surface area contributed by atoms with E-state index in [-0.39, 0.29) is 0 Å². The molecule has 40 heavy (non-hydrogen) atoms. The van der Waals surface area contributed by atoms with E-state index in [9.17, 15) is 0 Å². The van der Waals surface area contributed by atoms with E-state index in [4.69, 9.17) is 0 Å². The van der Waals surface area contributed by atoms with Gasteiger partial charge in [-0.15, -0.1) is 0 Å². The van der Waals surface area contributed by atoms with Gasteiger partial charge in [-0.3, -0.25) is 4.99 Å². The summed E-state index contributed by atoms with van der Waals surface area (Å²) in [6.07, 6.45) is 18.5. The van der Waals surface area contributed by atoms with Crippen LogP contribution in [-0.4, -0.2) is 52.5 Å². The summed E-state index contributed by atoms with van der Waals surface area (Å²) in [4.78, 5) is 8.73. The van der Waals surface area contributed by atoms with E-state index < -0.39 is 0 Å². The van der Waals surface area contributed by atoms with Crippen LogP contribution < -0.4 is 14.4 Å². The summed E-state index contributed by atoms with van der Waals surface area (Å²) < 4.78 is 2.24. The SMILES string of the molecule is C=CC(/C=C/c1ccc(N(C)C)cc1)=C\C=N\CCSSCC[n+]1ccc(/C=C/c2ccc(N(C)C)cc2)cc1. The Hall–Kier alpha value is -3.48. The number of rotatable bonds is 15. The molecule has 0 spiro atoms. The van der Waals surface area contributed by atoms with Gasteiger partial charge in [0.25, 0.3) is 0 Å². The Kier molecular flexibility index (Phi) is 13.4. The van der Waals surface area contributed by atoms with Crippen molar-refractivity contribution in [3.05, 3.63) is 120 Å². The highest BCUT2D eigenvalue weighted by atomic mass is 33.1. The molecule has 0 radical (unpaired) electrons. The molecule has 0 saturated carbocycles. The minimum absolute atomic E-state index is 0.806. The number of hydrogen-bond donors (Lipinski definition) is 0. The number of nitrogens with zero attached hydrogens (tertiary/aromatic N) is 4. The van der Waals surface area contributed by atoms with Crippen LogP contribution in [0.15, 0.2) is 108 Å². The van der Waals surface area contributed by atoms with Crippen molar-refractivity contribution in [1.29, 1.82) is 0 Å². The summed E-state index contributed by atoms with van der Waals surface area (Å²) in [5, 5.41) is 0. The van der Waals surface area contributed by atoms with Crippen molar-refractivity contribution in [2.45, 2.75) is 6.54 Å². The standard InChI is InChI=1S/C34H41N4S2/c1-6-29(7-8-30-11-15-33(16-12-30)36(2)3)19-22-35-23-27-39-40-28-26-38-24-20-32(21-25-38)10-9-31-13-17-34(18-14-31)37(4)5/h6-22,24-25H,1,23,26-28H2,2-5H3/q+1/b8-7+,29-19+,35-22+. The summed E-state index contributed by atoms with van der Waals surface area (Å²) >= 11 is 0. The van der Waals surface area contributed by atoms with E-state index in [2.05, 4.69) is 137 Å². The lowest BCUT2D eigenvalue weighted by molar-refractivity contribution is -0.692. The van der Waals surface area contributed by atoms with Gasteiger partial charge in [0.15, 0.2) is 18.9 Å². The maximum absolute atomic E-state index is 4.53. The second-order valence-corrected chi connectivity index (χ2v) is 12.3. The molecule has 0 N–H and O–H groups in total. The van der Waals surface area contributed by atoms with E-state index in [1.807, 2.05) is 54.0 Å². The van der Waals surface area contributed by atoms with Gasteiger partial charge in [-0.05, 0) is 52.6 Å². The predicted molar refractivity (Wildman–Crippen MR) is 183 cm³/mol. The van der Waals surface area contributed by atoms with Crippen molar-refractivity contribution in [1.82, 2.24) is 0 Å². The average molecular weight is 570 g/mol. The molecule has 0 aliphatic carbocycles. The number of aryl methyl sites for hydroxylation is 1. The number of allylic oxidation sites excluding steroid dienone is 4. The number of benzene rings is 2. The lowest BCUT2D eigenvalue weighted by atomic mass is 10.1. The molecule has 0 amide bonds. The summed E-state index contributed by atoms with van der Waals surface area (Å²) in [5.74, 6) is 2.06. The van der Waals surface area contributed by atoms with Gasteiger partial charge in [-0.25, -0.2) is 4.57 Å². The van der Waals surface area contributed by atoms with Gasteiger partial charge in [0, 0.05) is 70.2 Å². The van der Waals surface area contributed by atoms with Crippen molar-refractivity contribution in [2.75, 3.05) is 56.0 Å². The first-order valence-electron chi connectivity index (χ1n) is 13.4. The maximum Gasteiger partial charge on any atom is 0.169 e. The maximum atomic E-state index is 4.53. The average Bonchev–Trinajstić information content (AvgIpc) is 2.97. The molecule has 1 heterocycles. The third kappa shape index (κ3) is 11.3. The monoisotopic (exact) mass is 569 g/mol. The highest BCUT2D eigenvalue weighted by molar-refractivity contribution is 8.76. The zero-order valence-corrected chi connectivity index (χ0v) is 25.7. The van der Waals surface area contributed by atoms with Crippen LogP contribution in [0.2, 0.25) is 0 Å². The van der Waals surface area contributed by atoms with Crippen LogP contribution in [0.3, 0.4) is 0 Å². The van der Waals surface area contributed by atoms with Gasteiger partial charge in [0.1, 0.15) is 0 Å². The molecule has 2 aromatic carbocycles. The summed E-state index contributed by atoms with van der Waals surface area (Å²) in [5.41, 5.74) is 7.02. The van der Waals surface area contributed by atoms with Gasteiger partial charge < -0.3 is 9.80 Å². The smallest absolute Gasteiger partial charge is 0.169 e. The van der Waals surface area contributed by atoms with E-state index in [0.29, 0.717) is 0 Å². The molecule has 0 saturated heterocycles. The molecule has 0 atom stereocenters. The first kappa shape index (κ1) is 31.1. The van der Waals surface area contributed by atoms with Crippen LogP contribution in [0.25, 0.3) is 18.2 Å². The van der Waals surface area contributed by atoms with Crippen LogP contribution in [0.5, 0.6) is 0 Å². The number of aliphatic imine (C=N–C) groups is 1. The van der Waals surface area contributed by atoms with Gasteiger partial charge in [-0.2, -0.15) is 0 Å². The summed E-state index contributed by atoms with van der Waals surface area (Å²) in [6, 6.07) is 21.4. The Morgan fingerprint density at radius 2 is 1.27 bits per heavy atom. The lowest BCUT2D eigenvalue weighted by Gasteiger charge is -2.11. The van der Waals surface area contributed by atoms with Crippen LogP contribution in [0.4, 0.5) is 11.4 Å². The highest BCUT2D eigenvalue weighted by Crippen LogP contribution is 2.20. The highest BCUT2D eigenvalue weighted by Gasteiger charge is 2.01. The second kappa shape index (κ2) is 17.3. The molecule has 3 aromatic rings. The normalized spacial score (nSPS) is 12.1. The Morgan fingerprint density at radius 3 is 1.82 bits per heavy atom. The molecule has 6 heteroatoms. The first-order chi connectivity index (χ1) is 19.4. The van der Waals surface area contributed by atoms with E-state index in [1.165, 1.54) is 22.5 Å². The first-order valence-corrected chi connectivity index (χ1v) is 15.9. The molecular weight excluding hydrogens is 529 g/mol. The Labute approximate surface area is 248 Å². The van der Waals surface area contributed by atoms with Crippen molar-refractivity contribution < 1.29 is 4.57 Å². The number of anilines is 2. The summed E-state index contributed by atoms with van der Waals surface area (Å²) in [6.45, 7) is 5.71. The fraction of sp³-hybridized carbons (Fsp3) is 0.235. The van der Waals surface area contributed by atoms with Gasteiger partial charge in [0.05, 0.1) is 5.75 Å². The second-order valence-electron chi connectivity index (χ2n) is 9.58. The van der Waals surface area contributed by atoms with Crippen molar-refractivity contribution in [3.8, 4) is 0 Å². The third-order valence-corrected chi connectivity index (χ3v) is 8.47. The fourth-order valence-electron chi connectivity index (χ4n) is 3.64. The van der Waals surface area contributed by atoms with Gasteiger partial charge in [-0.1, -0.05) is 82.8 Å². The van der Waals surface area contributed by atoms with Crippen molar-refractivity contribution in [2.24, 2.45) is 4.99 Å². The van der Waals surface area contributed by atoms with E-state index in [1.54, 1.807) is 0 Å². The predicted octanol–water partition coefficient (Wildman–Crippen LogP) is 7.55. The van der Waals surface area contributed by atoms with Crippen LogP contribution in [0, 0.1) is 0 Å². The Morgan fingerprint density at radius 1 is 0.750 bits per heavy atom. The molecular formula is C34H41N4S2+. The molecule has 0 aliphatic heterocycles. The molecule has 0 unspecified atom stereocenters. The Bertz CT molecular complexity index is 1290. The summed E-state index contributed by atoms with van der Waals surface area (Å²) in [7, 11) is 12.0. The van der Waals surface area contributed by atoms with Crippen LogP contribution in [-0.2, 0) is 6.54 Å². The quantitative estimate of drug-likeness (QED) is 0.0620. The van der Waals surface area contributed by atoms with Crippen molar-refractivity contribution in [3.63, 3.8) is 0 Å². The number of aromatic nitrogens is 1. The third-order valence-electron chi connectivity index (χ3n) is 6.10. The number of pyridine rings is 1.